The van der Waals surface area contributed by atoms with Crippen molar-refractivity contribution >= 4 is 5.91 Å². The minimum absolute atomic E-state index is 0.109. The molecule has 3 N–H and O–H groups in total. The molecule has 2 atom stereocenters. The van der Waals surface area contributed by atoms with E-state index in [2.05, 4.69) is 189 Å². The lowest BCUT2D eigenvalue weighted by Gasteiger charge is -2.19. The largest absolute Gasteiger partial charge is 0.394 e. The van der Waals surface area contributed by atoms with Gasteiger partial charge in [0, 0.05) is 6.42 Å². The van der Waals surface area contributed by atoms with Crippen LogP contribution in [0.2, 0.25) is 0 Å². The number of unbranched alkanes of at least 4 members (excludes halogenated alkanes) is 19. The average molecular weight is 1040 g/mol. The van der Waals surface area contributed by atoms with E-state index in [0.717, 1.165) is 135 Å². The highest BCUT2D eigenvalue weighted by Crippen LogP contribution is 2.14. The molecule has 0 aromatic rings. The molecule has 76 heavy (non-hydrogen) atoms. The van der Waals surface area contributed by atoms with Crippen LogP contribution in [0.3, 0.4) is 0 Å². The van der Waals surface area contributed by atoms with Gasteiger partial charge >= 0.3 is 0 Å². The van der Waals surface area contributed by atoms with Gasteiger partial charge in [0.2, 0.25) is 5.91 Å². The maximum atomic E-state index is 12.5. The fourth-order valence-corrected chi connectivity index (χ4v) is 8.19. The number of hydrogen-bond acceptors (Lipinski definition) is 3. The second-order valence-electron chi connectivity index (χ2n) is 20.0. The summed E-state index contributed by atoms with van der Waals surface area (Å²) in [5.41, 5.74) is 0. The number of amides is 1. The molecule has 1 amide bonds. The molecule has 0 aromatic carbocycles. The van der Waals surface area contributed by atoms with Gasteiger partial charge < -0.3 is 15.5 Å². The first kappa shape index (κ1) is 71.5. The minimum atomic E-state index is -0.896. The quantitative estimate of drug-likeness (QED) is 0.0420. The third kappa shape index (κ3) is 60.4. The van der Waals surface area contributed by atoms with Crippen molar-refractivity contribution in [1.29, 1.82) is 0 Å². The van der Waals surface area contributed by atoms with Crippen molar-refractivity contribution in [2.45, 2.75) is 257 Å². The lowest BCUT2D eigenvalue weighted by molar-refractivity contribution is -0.123. The standard InChI is InChI=1S/C72H115NO3/c1-3-5-7-9-11-13-15-17-19-21-23-25-27-28-29-30-31-32-33-34-35-36-37-38-39-40-41-42-43-44-46-48-50-52-54-56-58-60-62-64-66-68-72(76)73-70(69-74)71(75)67-65-63-61-59-57-55-53-51-49-47-45-26-24-22-20-18-16-14-12-10-8-6-4-2/h5,7,11,13,17,19,23,25,28-29,31-32,34-35,37-38,40-41,43-44,48-51,54,56-57,59,65,67,70-71,74-75H,3-4,6,8-10,12,14-16,18,20-22,24,26-27,30,33,36,39,42,45-47,52-53,55,58,60-64,66,68-69H2,1-2H3,(H,73,76)/b7-5-,13-11-,19-17-,25-23-,29-28-,32-31-,35-34-,38-37-,41-40-,44-43-,50-48-,51-49+,56-54-,59-57+,67-65+. The number of aliphatic hydroxyl groups is 2. The number of rotatable bonds is 54. The van der Waals surface area contributed by atoms with Crippen LogP contribution >= 0.6 is 0 Å². The molecule has 0 saturated carbocycles. The van der Waals surface area contributed by atoms with Gasteiger partial charge in [-0.15, -0.1) is 0 Å². The van der Waals surface area contributed by atoms with Crippen molar-refractivity contribution in [2.75, 3.05) is 6.61 Å². The molecule has 0 aromatic heterocycles. The van der Waals surface area contributed by atoms with Crippen molar-refractivity contribution in [1.82, 2.24) is 5.32 Å². The Balaban J connectivity index is 3.74. The molecule has 0 spiro atoms. The van der Waals surface area contributed by atoms with Crippen molar-refractivity contribution < 1.29 is 15.0 Å². The van der Waals surface area contributed by atoms with Gasteiger partial charge in [-0.2, -0.15) is 0 Å². The number of carbonyl (C=O) groups excluding carboxylic acids is 1. The van der Waals surface area contributed by atoms with Gasteiger partial charge in [-0.25, -0.2) is 0 Å². The average Bonchev–Trinajstić information content (AvgIpc) is 3.42. The van der Waals surface area contributed by atoms with Crippen molar-refractivity contribution in [3.8, 4) is 0 Å². The topological polar surface area (TPSA) is 69.6 Å². The molecule has 0 heterocycles. The van der Waals surface area contributed by atoms with Crippen molar-refractivity contribution in [3.63, 3.8) is 0 Å². The van der Waals surface area contributed by atoms with E-state index >= 15 is 0 Å². The summed E-state index contributed by atoms with van der Waals surface area (Å²) in [6.45, 7) is 4.17. The summed E-state index contributed by atoms with van der Waals surface area (Å²) in [6, 6.07) is -0.674. The Labute approximate surface area is 470 Å². The Morgan fingerprint density at radius 1 is 0.329 bits per heavy atom. The molecular formula is C72H115NO3. The zero-order chi connectivity index (χ0) is 54.8. The third-order valence-electron chi connectivity index (χ3n) is 12.9. The van der Waals surface area contributed by atoms with Crippen LogP contribution < -0.4 is 5.32 Å². The fraction of sp³-hybridized carbons (Fsp3) is 0.569. The number of carbonyl (C=O) groups is 1. The Kier molecular flexibility index (Phi) is 60.9. The van der Waals surface area contributed by atoms with Crippen LogP contribution in [-0.4, -0.2) is 34.9 Å². The summed E-state index contributed by atoms with van der Waals surface area (Å²) in [4.78, 5) is 12.5. The van der Waals surface area contributed by atoms with E-state index in [1.54, 1.807) is 6.08 Å². The maximum Gasteiger partial charge on any atom is 0.220 e. The van der Waals surface area contributed by atoms with E-state index in [1.807, 2.05) is 6.08 Å². The molecule has 0 aliphatic heterocycles. The van der Waals surface area contributed by atoms with Gasteiger partial charge in [-0.05, 0) is 135 Å². The summed E-state index contributed by atoms with van der Waals surface area (Å²) >= 11 is 0. The summed E-state index contributed by atoms with van der Waals surface area (Å²) < 4.78 is 0. The highest BCUT2D eigenvalue weighted by atomic mass is 16.3. The van der Waals surface area contributed by atoms with Crippen LogP contribution in [0.15, 0.2) is 182 Å². The molecule has 0 saturated heterocycles. The highest BCUT2D eigenvalue weighted by molar-refractivity contribution is 5.76. The lowest BCUT2D eigenvalue weighted by atomic mass is 10.0. The van der Waals surface area contributed by atoms with Gasteiger partial charge in [-0.1, -0.05) is 286 Å². The molecule has 0 radical (unpaired) electrons. The van der Waals surface area contributed by atoms with Gasteiger partial charge in [0.1, 0.15) is 0 Å². The molecule has 0 aliphatic carbocycles. The second-order valence-corrected chi connectivity index (χ2v) is 20.0. The number of allylic oxidation sites excluding steroid dienone is 29. The number of aliphatic hydroxyl groups excluding tert-OH is 2. The molecule has 4 heteroatoms. The van der Waals surface area contributed by atoms with E-state index < -0.39 is 12.1 Å². The molecule has 4 nitrogen and oxygen atoms in total. The maximum absolute atomic E-state index is 12.5. The van der Waals surface area contributed by atoms with E-state index in [4.69, 9.17) is 0 Å². The first-order valence-corrected chi connectivity index (χ1v) is 31.0. The highest BCUT2D eigenvalue weighted by Gasteiger charge is 2.17. The van der Waals surface area contributed by atoms with Crippen LogP contribution in [-0.2, 0) is 4.79 Å². The van der Waals surface area contributed by atoms with E-state index in [-0.39, 0.29) is 12.5 Å². The Morgan fingerprint density at radius 2 is 0.592 bits per heavy atom. The second kappa shape index (κ2) is 64.8. The van der Waals surface area contributed by atoms with Crippen molar-refractivity contribution in [3.05, 3.63) is 182 Å². The van der Waals surface area contributed by atoms with E-state index in [0.29, 0.717) is 6.42 Å². The zero-order valence-corrected chi connectivity index (χ0v) is 48.9. The Morgan fingerprint density at radius 3 is 0.921 bits per heavy atom. The van der Waals surface area contributed by atoms with Crippen LogP contribution in [0.4, 0.5) is 0 Å². The molecule has 426 valence electrons. The van der Waals surface area contributed by atoms with Gasteiger partial charge in [0.05, 0.1) is 18.8 Å². The van der Waals surface area contributed by atoms with Crippen LogP contribution in [0, 0.1) is 0 Å². The lowest BCUT2D eigenvalue weighted by Crippen LogP contribution is -2.45. The predicted octanol–water partition coefficient (Wildman–Crippen LogP) is 21.3. The molecule has 0 bridgehead atoms. The number of hydrogen-bond donors (Lipinski definition) is 3. The van der Waals surface area contributed by atoms with Crippen LogP contribution in [0.1, 0.15) is 245 Å². The molecule has 0 fully saturated rings. The third-order valence-corrected chi connectivity index (χ3v) is 12.9. The van der Waals surface area contributed by atoms with Crippen LogP contribution in [0.25, 0.3) is 0 Å². The van der Waals surface area contributed by atoms with Crippen LogP contribution in [0.5, 0.6) is 0 Å². The summed E-state index contributed by atoms with van der Waals surface area (Å²) in [6.07, 6.45) is 106. The monoisotopic (exact) mass is 1040 g/mol. The van der Waals surface area contributed by atoms with Gasteiger partial charge in [0.15, 0.2) is 0 Å². The Bertz CT molecular complexity index is 1700. The number of nitrogens with one attached hydrogen (secondary N) is 1. The minimum Gasteiger partial charge on any atom is -0.394 e. The molecular weight excluding hydrogens is 927 g/mol. The summed E-state index contributed by atoms with van der Waals surface area (Å²) in [7, 11) is 0. The van der Waals surface area contributed by atoms with E-state index in [9.17, 15) is 15.0 Å². The molecule has 0 aliphatic rings. The fourth-order valence-electron chi connectivity index (χ4n) is 8.19. The summed E-state index contributed by atoms with van der Waals surface area (Å²) in [5, 5.41) is 23.1. The molecule has 0 rings (SSSR count). The Hall–Kier alpha value is -4.51. The predicted molar refractivity (Wildman–Crippen MR) is 340 cm³/mol. The van der Waals surface area contributed by atoms with Crippen molar-refractivity contribution in [2.24, 2.45) is 0 Å². The first-order chi connectivity index (χ1) is 37.7. The SMILES string of the molecule is CC/C=C\C/C=C\C/C=C\C/C=C\C/C=C\C/C=C\C/C=C\C/C=C\C/C=C\C/C=C\C/C=C\C/C=C\CCCCCCC(=O)NC(CO)C(O)/C=C/CC/C=C/CC/C=C/CCCCCCCCCCCCCCC. The summed E-state index contributed by atoms with van der Waals surface area (Å²) in [5.74, 6) is -0.109. The first-order valence-electron chi connectivity index (χ1n) is 31.0. The normalized spacial score (nSPS) is 14.1. The smallest absolute Gasteiger partial charge is 0.220 e. The van der Waals surface area contributed by atoms with E-state index in [1.165, 1.54) is 89.9 Å². The zero-order valence-electron chi connectivity index (χ0n) is 48.9. The molecule has 2 unspecified atom stereocenters. The van der Waals surface area contributed by atoms with Gasteiger partial charge in [0.25, 0.3) is 0 Å². The van der Waals surface area contributed by atoms with Gasteiger partial charge in [-0.3, -0.25) is 4.79 Å².